The maximum absolute atomic E-state index is 12.9. The van der Waals surface area contributed by atoms with Gasteiger partial charge in [0.2, 0.25) is 0 Å². The van der Waals surface area contributed by atoms with Gasteiger partial charge in [0.15, 0.2) is 6.10 Å². The van der Waals surface area contributed by atoms with Crippen LogP contribution >= 0.6 is 23.2 Å². The van der Waals surface area contributed by atoms with Crippen molar-refractivity contribution in [3.05, 3.63) is 58.1 Å². The zero-order valence-electron chi connectivity index (χ0n) is 14.1. The molecule has 3 nitrogen and oxygen atoms in total. The van der Waals surface area contributed by atoms with E-state index in [1.807, 2.05) is 38.1 Å². The zero-order chi connectivity index (χ0) is 17.7. The summed E-state index contributed by atoms with van der Waals surface area (Å²) in [5.41, 5.74) is 1.98. The summed E-state index contributed by atoms with van der Waals surface area (Å²) in [7, 11) is 0. The monoisotopic (exact) mass is 365 g/mol. The van der Waals surface area contributed by atoms with E-state index in [0.29, 0.717) is 22.3 Å². The molecule has 0 saturated heterocycles. The van der Waals surface area contributed by atoms with Crippen LogP contribution in [0.25, 0.3) is 0 Å². The van der Waals surface area contributed by atoms with Crippen molar-refractivity contribution in [1.82, 2.24) is 0 Å². The summed E-state index contributed by atoms with van der Waals surface area (Å²) in [5.74, 6) is 0.344. The van der Waals surface area contributed by atoms with Gasteiger partial charge in [-0.15, -0.1) is 0 Å². The molecular formula is C19H21Cl2NO2. The number of carbonyl (C=O) groups is 1. The van der Waals surface area contributed by atoms with Gasteiger partial charge in [-0.1, -0.05) is 42.3 Å². The van der Waals surface area contributed by atoms with Crippen molar-refractivity contribution < 1.29 is 9.53 Å². The van der Waals surface area contributed by atoms with Gasteiger partial charge in [-0.05, 0) is 56.2 Å². The first-order valence-electron chi connectivity index (χ1n) is 7.92. The molecule has 2 rings (SSSR count). The molecule has 1 amide bonds. The first-order chi connectivity index (χ1) is 11.4. The predicted molar refractivity (Wildman–Crippen MR) is 100 cm³/mol. The lowest BCUT2D eigenvalue weighted by molar-refractivity contribution is -0.124. The van der Waals surface area contributed by atoms with Crippen LogP contribution in [0.4, 0.5) is 5.69 Å². The average Bonchev–Trinajstić information content (AvgIpc) is 2.54. The Labute approximate surface area is 153 Å². The van der Waals surface area contributed by atoms with E-state index < -0.39 is 6.10 Å². The van der Waals surface area contributed by atoms with Crippen molar-refractivity contribution in [1.29, 1.82) is 0 Å². The fourth-order valence-electron chi connectivity index (χ4n) is 2.42. The van der Waals surface area contributed by atoms with Crippen LogP contribution in [-0.4, -0.2) is 18.6 Å². The lowest BCUT2D eigenvalue weighted by atomic mass is 10.2. The van der Waals surface area contributed by atoms with E-state index in [4.69, 9.17) is 27.9 Å². The minimum atomic E-state index is -0.657. The Kier molecular flexibility index (Phi) is 6.52. The zero-order valence-corrected chi connectivity index (χ0v) is 15.6. The number of hydrogen-bond donors (Lipinski definition) is 0. The maximum atomic E-state index is 12.9. The van der Waals surface area contributed by atoms with Gasteiger partial charge in [0.05, 0.1) is 5.02 Å². The number of benzene rings is 2. The number of rotatable bonds is 6. The number of hydrogen-bond acceptors (Lipinski definition) is 2. The van der Waals surface area contributed by atoms with Crippen molar-refractivity contribution in [2.24, 2.45) is 0 Å². The van der Waals surface area contributed by atoms with Crippen LogP contribution in [-0.2, 0) is 4.79 Å². The van der Waals surface area contributed by atoms with E-state index in [-0.39, 0.29) is 5.91 Å². The largest absolute Gasteiger partial charge is 0.479 e. The second-order valence-corrected chi connectivity index (χ2v) is 6.51. The third-order valence-electron chi connectivity index (χ3n) is 3.57. The third-order valence-corrected chi connectivity index (χ3v) is 4.10. The van der Waals surface area contributed by atoms with Crippen LogP contribution in [0, 0.1) is 6.92 Å². The second-order valence-electron chi connectivity index (χ2n) is 5.66. The van der Waals surface area contributed by atoms with E-state index in [1.165, 1.54) is 0 Å². The standard InChI is InChI=1S/C19H21Cl2NO2/c1-4-10-22(16-7-5-6-13(2)11-16)19(23)14(3)24-18-9-8-15(20)12-17(18)21/h5-9,11-12,14H,4,10H2,1-3H3. The number of nitrogens with zero attached hydrogens (tertiary/aromatic N) is 1. The van der Waals surface area contributed by atoms with Crippen molar-refractivity contribution in [3.63, 3.8) is 0 Å². The van der Waals surface area contributed by atoms with Gasteiger partial charge in [-0.2, -0.15) is 0 Å². The lowest BCUT2D eigenvalue weighted by Gasteiger charge is -2.26. The highest BCUT2D eigenvalue weighted by atomic mass is 35.5. The molecule has 2 aromatic carbocycles. The Morgan fingerprint density at radius 1 is 1.21 bits per heavy atom. The molecule has 0 radical (unpaired) electrons. The molecule has 1 atom stereocenters. The first kappa shape index (κ1) is 18.6. The Balaban J connectivity index is 2.19. The molecule has 0 fully saturated rings. The molecule has 1 unspecified atom stereocenters. The molecule has 128 valence electrons. The summed E-state index contributed by atoms with van der Waals surface area (Å²) in [4.78, 5) is 14.6. The topological polar surface area (TPSA) is 29.5 Å². The Bertz CT molecular complexity index is 718. The Hall–Kier alpha value is -1.71. The van der Waals surface area contributed by atoms with Crippen molar-refractivity contribution in [3.8, 4) is 5.75 Å². The van der Waals surface area contributed by atoms with Gasteiger partial charge in [-0.3, -0.25) is 4.79 Å². The molecule has 0 aliphatic heterocycles. The van der Waals surface area contributed by atoms with Crippen molar-refractivity contribution in [2.75, 3.05) is 11.4 Å². The number of carbonyl (C=O) groups excluding carboxylic acids is 1. The molecule has 0 aromatic heterocycles. The van der Waals surface area contributed by atoms with Crippen LogP contribution < -0.4 is 9.64 Å². The van der Waals surface area contributed by atoms with E-state index in [0.717, 1.165) is 17.7 Å². The summed E-state index contributed by atoms with van der Waals surface area (Å²) in [6.07, 6.45) is 0.199. The number of amides is 1. The summed E-state index contributed by atoms with van der Waals surface area (Å²) < 4.78 is 5.76. The van der Waals surface area contributed by atoms with Gasteiger partial charge in [0.25, 0.3) is 5.91 Å². The number of anilines is 1. The molecule has 0 aliphatic carbocycles. The highest BCUT2D eigenvalue weighted by Gasteiger charge is 2.23. The highest BCUT2D eigenvalue weighted by Crippen LogP contribution is 2.29. The van der Waals surface area contributed by atoms with Crippen molar-refractivity contribution in [2.45, 2.75) is 33.3 Å². The molecule has 2 aromatic rings. The second kappa shape index (κ2) is 8.41. The first-order valence-corrected chi connectivity index (χ1v) is 8.67. The summed E-state index contributed by atoms with van der Waals surface area (Å²) in [6.45, 7) is 6.40. The number of ether oxygens (including phenoxy) is 1. The smallest absolute Gasteiger partial charge is 0.267 e. The molecule has 24 heavy (non-hydrogen) atoms. The fourth-order valence-corrected chi connectivity index (χ4v) is 2.87. The molecule has 0 heterocycles. The Morgan fingerprint density at radius 2 is 1.96 bits per heavy atom. The van der Waals surface area contributed by atoms with E-state index in [1.54, 1.807) is 30.0 Å². The molecular weight excluding hydrogens is 345 g/mol. The van der Waals surface area contributed by atoms with Crippen molar-refractivity contribution >= 4 is 34.8 Å². The van der Waals surface area contributed by atoms with Crippen LogP contribution in [0.15, 0.2) is 42.5 Å². The minimum absolute atomic E-state index is 0.103. The molecule has 0 aliphatic rings. The molecule has 0 bridgehead atoms. The van der Waals surface area contributed by atoms with Gasteiger partial charge < -0.3 is 9.64 Å². The van der Waals surface area contributed by atoms with Gasteiger partial charge in [-0.25, -0.2) is 0 Å². The minimum Gasteiger partial charge on any atom is -0.479 e. The van der Waals surface area contributed by atoms with Gasteiger partial charge in [0.1, 0.15) is 5.75 Å². The normalized spacial score (nSPS) is 11.9. The van der Waals surface area contributed by atoms with E-state index in [9.17, 15) is 4.79 Å². The fraction of sp³-hybridized carbons (Fsp3) is 0.316. The van der Waals surface area contributed by atoms with E-state index >= 15 is 0 Å². The third kappa shape index (κ3) is 4.65. The number of halogens is 2. The van der Waals surface area contributed by atoms with Crippen LogP contribution in [0.5, 0.6) is 5.75 Å². The molecule has 5 heteroatoms. The SMILES string of the molecule is CCCN(C(=O)C(C)Oc1ccc(Cl)cc1Cl)c1cccc(C)c1. The van der Waals surface area contributed by atoms with E-state index in [2.05, 4.69) is 0 Å². The van der Waals surface area contributed by atoms with Gasteiger partial charge >= 0.3 is 0 Å². The Morgan fingerprint density at radius 3 is 2.58 bits per heavy atom. The molecule has 0 N–H and O–H groups in total. The van der Waals surface area contributed by atoms with Crippen LogP contribution in [0.1, 0.15) is 25.8 Å². The van der Waals surface area contributed by atoms with Crippen LogP contribution in [0.3, 0.4) is 0 Å². The lowest BCUT2D eigenvalue weighted by Crippen LogP contribution is -2.41. The van der Waals surface area contributed by atoms with Gasteiger partial charge in [0, 0.05) is 17.3 Å². The highest BCUT2D eigenvalue weighted by molar-refractivity contribution is 6.35. The summed E-state index contributed by atoms with van der Waals surface area (Å²) >= 11 is 12.0. The average molecular weight is 366 g/mol. The quantitative estimate of drug-likeness (QED) is 0.674. The number of aryl methyl sites for hydroxylation is 1. The summed E-state index contributed by atoms with van der Waals surface area (Å²) in [6, 6.07) is 12.8. The summed E-state index contributed by atoms with van der Waals surface area (Å²) in [5, 5.41) is 0.915. The predicted octanol–water partition coefficient (Wildman–Crippen LogP) is 5.51. The molecule has 0 saturated carbocycles. The van der Waals surface area contributed by atoms with Crippen LogP contribution in [0.2, 0.25) is 10.0 Å². The maximum Gasteiger partial charge on any atom is 0.267 e. The molecule has 0 spiro atoms.